The summed E-state index contributed by atoms with van der Waals surface area (Å²) in [6, 6.07) is 3.85. The fraction of sp³-hybridized carbons (Fsp3) is 0.385. The van der Waals surface area contributed by atoms with Crippen molar-refractivity contribution in [3.05, 3.63) is 29.0 Å². The van der Waals surface area contributed by atoms with Gasteiger partial charge >= 0.3 is 0 Å². The lowest BCUT2D eigenvalue weighted by Gasteiger charge is -2.10. The molecule has 0 saturated carbocycles. The summed E-state index contributed by atoms with van der Waals surface area (Å²) in [5.74, 6) is 1.16. The number of thiophene rings is 1. The first kappa shape index (κ1) is 19.9. The number of hydrogen-bond acceptors (Lipinski definition) is 5. The Morgan fingerprint density at radius 3 is 2.81 bits per heavy atom. The van der Waals surface area contributed by atoms with Gasteiger partial charge in [-0.3, -0.25) is 4.79 Å². The Morgan fingerprint density at radius 1 is 1.52 bits per heavy atom. The summed E-state index contributed by atoms with van der Waals surface area (Å²) in [5, 5.41) is 4.77. The summed E-state index contributed by atoms with van der Waals surface area (Å²) in [6.07, 6.45) is 0.213. The number of amides is 1. The Morgan fingerprint density at radius 2 is 2.24 bits per heavy atom. The smallest absolute Gasteiger partial charge is 0.236 e. The molecule has 3 N–H and O–H groups in total. The van der Waals surface area contributed by atoms with Crippen molar-refractivity contribution in [1.29, 1.82) is 0 Å². The largest absolute Gasteiger partial charge is 0.440 e. The van der Waals surface area contributed by atoms with E-state index in [-0.39, 0.29) is 43.2 Å². The molecule has 2 aromatic rings. The number of nitrogens with zero attached hydrogens (tertiary/aromatic N) is 1. The second-order valence-electron chi connectivity index (χ2n) is 4.38. The Labute approximate surface area is 140 Å². The number of aromatic nitrogens is 1. The van der Waals surface area contributed by atoms with Crippen molar-refractivity contribution in [3.8, 4) is 10.8 Å². The first-order valence-electron chi connectivity index (χ1n) is 6.09. The molecule has 0 saturated heterocycles. The van der Waals surface area contributed by atoms with E-state index in [4.69, 9.17) is 10.2 Å². The third-order valence-electron chi connectivity index (χ3n) is 2.71. The predicted octanol–water partition coefficient (Wildman–Crippen LogP) is 2.56. The van der Waals surface area contributed by atoms with Crippen molar-refractivity contribution in [3.63, 3.8) is 0 Å². The molecule has 0 aromatic carbocycles. The zero-order valence-corrected chi connectivity index (χ0v) is 14.2. The summed E-state index contributed by atoms with van der Waals surface area (Å²) in [7, 11) is 0. The molecule has 8 heteroatoms. The maximum atomic E-state index is 11.8. The van der Waals surface area contributed by atoms with Crippen molar-refractivity contribution < 1.29 is 9.21 Å². The van der Waals surface area contributed by atoms with Crippen molar-refractivity contribution >= 4 is 42.1 Å². The van der Waals surface area contributed by atoms with Gasteiger partial charge in [0.05, 0.1) is 17.0 Å². The molecule has 2 heterocycles. The number of halogens is 2. The van der Waals surface area contributed by atoms with Crippen LogP contribution in [0.4, 0.5) is 0 Å². The highest BCUT2D eigenvalue weighted by Gasteiger charge is 2.15. The molecule has 0 aliphatic rings. The summed E-state index contributed by atoms with van der Waals surface area (Å²) in [4.78, 5) is 17.1. The number of carbonyl (C=O) groups is 1. The molecule has 0 bridgehead atoms. The zero-order chi connectivity index (χ0) is 13.8. The van der Waals surface area contributed by atoms with Gasteiger partial charge in [0, 0.05) is 12.6 Å². The van der Waals surface area contributed by atoms with E-state index < -0.39 is 0 Å². The van der Waals surface area contributed by atoms with Gasteiger partial charge in [-0.2, -0.15) is 0 Å². The second-order valence-corrected chi connectivity index (χ2v) is 5.33. The number of nitrogens with one attached hydrogen (secondary N) is 1. The molecule has 0 unspecified atom stereocenters. The average Bonchev–Trinajstić information content (AvgIpc) is 2.99. The minimum absolute atomic E-state index is 0. The molecule has 0 spiro atoms. The van der Waals surface area contributed by atoms with Crippen LogP contribution in [-0.4, -0.2) is 23.5 Å². The molecule has 2 aromatic heterocycles. The van der Waals surface area contributed by atoms with E-state index >= 15 is 0 Å². The van der Waals surface area contributed by atoms with Crippen LogP contribution in [0.1, 0.15) is 18.4 Å². The van der Waals surface area contributed by atoms with Crippen LogP contribution in [0.15, 0.2) is 21.9 Å². The van der Waals surface area contributed by atoms with Crippen LogP contribution in [0, 0.1) is 6.92 Å². The first-order valence-corrected chi connectivity index (χ1v) is 6.97. The van der Waals surface area contributed by atoms with Gasteiger partial charge in [0.25, 0.3) is 0 Å². The average molecular weight is 352 g/mol. The van der Waals surface area contributed by atoms with Gasteiger partial charge in [-0.05, 0) is 25.3 Å². The molecule has 118 valence electrons. The third kappa shape index (κ3) is 5.32. The molecular formula is C13H19Cl2N3O2S. The van der Waals surface area contributed by atoms with E-state index in [1.54, 1.807) is 11.3 Å². The Balaban J connectivity index is 0.00000200. The fourth-order valence-electron chi connectivity index (χ4n) is 1.63. The molecular weight excluding hydrogens is 333 g/mol. The molecule has 0 radical (unpaired) electrons. The van der Waals surface area contributed by atoms with Crippen LogP contribution in [-0.2, 0) is 11.2 Å². The third-order valence-corrected chi connectivity index (χ3v) is 3.57. The maximum absolute atomic E-state index is 11.8. The number of hydrogen-bond donors (Lipinski definition) is 2. The lowest BCUT2D eigenvalue weighted by atomic mass is 10.2. The zero-order valence-electron chi connectivity index (χ0n) is 11.8. The summed E-state index contributed by atoms with van der Waals surface area (Å²) < 4.78 is 5.59. The van der Waals surface area contributed by atoms with Crippen molar-refractivity contribution in [1.82, 2.24) is 10.3 Å². The standard InChI is InChI=1S/C13H17N3O2S.2ClH/c1-8(7-14)15-12(17)6-10-9(2)18-13(16-10)11-4-3-5-19-11;;/h3-5,8H,6-7,14H2,1-2H3,(H,15,17);2*1H/t8-;;/m0../s1. The van der Waals surface area contributed by atoms with Crippen LogP contribution in [0.3, 0.4) is 0 Å². The molecule has 0 aliphatic carbocycles. The molecule has 1 atom stereocenters. The van der Waals surface area contributed by atoms with E-state index in [2.05, 4.69) is 10.3 Å². The van der Waals surface area contributed by atoms with Crippen molar-refractivity contribution in [2.45, 2.75) is 26.3 Å². The first-order chi connectivity index (χ1) is 9.10. The topological polar surface area (TPSA) is 81.2 Å². The van der Waals surface area contributed by atoms with Gasteiger partial charge < -0.3 is 15.5 Å². The van der Waals surface area contributed by atoms with Gasteiger partial charge in [0.15, 0.2) is 0 Å². The maximum Gasteiger partial charge on any atom is 0.236 e. The Bertz CT molecular complexity index is 558. The highest BCUT2D eigenvalue weighted by atomic mass is 35.5. The number of carbonyl (C=O) groups excluding carboxylic acids is 1. The molecule has 5 nitrogen and oxygen atoms in total. The fourth-order valence-corrected chi connectivity index (χ4v) is 2.28. The van der Waals surface area contributed by atoms with E-state index in [1.807, 2.05) is 31.4 Å². The summed E-state index contributed by atoms with van der Waals surface area (Å²) in [6.45, 7) is 4.10. The SMILES string of the molecule is Cc1oc(-c2cccs2)nc1CC(=O)N[C@@H](C)CN.Cl.Cl. The molecule has 1 amide bonds. The highest BCUT2D eigenvalue weighted by molar-refractivity contribution is 7.13. The normalized spacial score (nSPS) is 11.2. The van der Waals surface area contributed by atoms with Gasteiger partial charge in [0.1, 0.15) is 5.76 Å². The lowest BCUT2D eigenvalue weighted by Crippen LogP contribution is -2.38. The number of rotatable bonds is 5. The number of oxazole rings is 1. The summed E-state index contributed by atoms with van der Waals surface area (Å²) >= 11 is 1.56. The highest BCUT2D eigenvalue weighted by Crippen LogP contribution is 2.25. The van der Waals surface area contributed by atoms with Crippen LogP contribution in [0.5, 0.6) is 0 Å². The minimum Gasteiger partial charge on any atom is -0.440 e. The van der Waals surface area contributed by atoms with Crippen LogP contribution < -0.4 is 11.1 Å². The second kappa shape index (κ2) is 9.04. The van der Waals surface area contributed by atoms with E-state index in [9.17, 15) is 4.79 Å². The predicted molar refractivity (Wildman–Crippen MR) is 89.4 cm³/mol. The minimum atomic E-state index is -0.0907. The van der Waals surface area contributed by atoms with E-state index in [0.29, 0.717) is 23.9 Å². The van der Waals surface area contributed by atoms with Crippen LogP contribution in [0.2, 0.25) is 0 Å². The number of aryl methyl sites for hydroxylation is 1. The van der Waals surface area contributed by atoms with Gasteiger partial charge in [0.2, 0.25) is 11.8 Å². The Hall–Kier alpha value is -1.08. The van der Waals surface area contributed by atoms with Crippen molar-refractivity contribution in [2.75, 3.05) is 6.54 Å². The quantitative estimate of drug-likeness (QED) is 0.867. The monoisotopic (exact) mass is 351 g/mol. The van der Waals surface area contributed by atoms with Gasteiger partial charge in [-0.15, -0.1) is 36.2 Å². The Kier molecular flexibility index (Phi) is 8.58. The molecule has 21 heavy (non-hydrogen) atoms. The van der Waals surface area contributed by atoms with Crippen molar-refractivity contribution in [2.24, 2.45) is 5.73 Å². The molecule has 0 aliphatic heterocycles. The van der Waals surface area contributed by atoms with Gasteiger partial charge in [-0.1, -0.05) is 6.07 Å². The summed E-state index contributed by atoms with van der Waals surface area (Å²) in [5.41, 5.74) is 6.14. The van der Waals surface area contributed by atoms with Crippen LogP contribution >= 0.6 is 36.2 Å². The van der Waals surface area contributed by atoms with Crippen LogP contribution in [0.25, 0.3) is 10.8 Å². The molecule has 2 rings (SSSR count). The van der Waals surface area contributed by atoms with E-state index in [1.165, 1.54) is 0 Å². The lowest BCUT2D eigenvalue weighted by molar-refractivity contribution is -0.121. The van der Waals surface area contributed by atoms with E-state index in [0.717, 1.165) is 4.88 Å². The molecule has 0 fully saturated rings. The number of nitrogens with two attached hydrogens (primary N) is 1. The van der Waals surface area contributed by atoms with Gasteiger partial charge in [-0.25, -0.2) is 4.98 Å².